The van der Waals surface area contributed by atoms with Crippen LogP contribution < -0.4 is 0 Å². The average molecular weight is 480 g/mol. The second kappa shape index (κ2) is 9.70. The van der Waals surface area contributed by atoms with Gasteiger partial charge in [0.25, 0.3) is 0 Å². The summed E-state index contributed by atoms with van der Waals surface area (Å²) in [5, 5.41) is 72.1. The first-order valence-electron chi connectivity index (χ1n) is 10.5. The number of hydrogen-bond acceptors (Lipinski definition) is 13. The van der Waals surface area contributed by atoms with Crippen LogP contribution >= 0.6 is 0 Å². The molecule has 11 atom stereocenters. The van der Waals surface area contributed by atoms with Crippen LogP contribution in [0.5, 0.6) is 0 Å². The van der Waals surface area contributed by atoms with Crippen LogP contribution in [-0.4, -0.2) is 122 Å². The van der Waals surface area contributed by atoms with Crippen LogP contribution in [0.25, 0.3) is 0 Å². The number of carbonyl (C=O) groups excluding carboxylic acids is 1. The molecule has 2 aliphatic heterocycles. The second-order valence-corrected chi connectivity index (χ2v) is 8.86. The van der Waals surface area contributed by atoms with Gasteiger partial charge in [-0.05, 0) is 13.8 Å². The van der Waals surface area contributed by atoms with E-state index in [9.17, 15) is 40.5 Å². The van der Waals surface area contributed by atoms with Gasteiger partial charge in [-0.25, -0.2) is 4.79 Å². The van der Waals surface area contributed by atoms with E-state index in [0.29, 0.717) is 0 Å². The zero-order chi connectivity index (χ0) is 24.7. The molecule has 0 bridgehead atoms. The van der Waals surface area contributed by atoms with E-state index >= 15 is 0 Å². The summed E-state index contributed by atoms with van der Waals surface area (Å²) < 4.78 is 26.8. The number of methoxy groups -OCH3 is 1. The van der Waals surface area contributed by atoms with E-state index in [1.54, 1.807) is 0 Å². The molecule has 0 aromatic rings. The largest absolute Gasteiger partial charge is 0.471 e. The molecule has 0 amide bonds. The van der Waals surface area contributed by atoms with Crippen molar-refractivity contribution >= 4 is 5.97 Å². The van der Waals surface area contributed by atoms with Crippen molar-refractivity contribution in [3.05, 3.63) is 11.8 Å². The van der Waals surface area contributed by atoms with Gasteiger partial charge in [-0.2, -0.15) is 0 Å². The first-order valence-corrected chi connectivity index (χ1v) is 10.5. The Labute approximate surface area is 189 Å². The molecule has 13 heteroatoms. The first kappa shape index (κ1) is 26.2. The molecule has 7 N–H and O–H groups in total. The van der Waals surface area contributed by atoms with Crippen LogP contribution in [0.2, 0.25) is 0 Å². The molecule has 2 heterocycles. The van der Waals surface area contributed by atoms with Gasteiger partial charge < -0.3 is 59.4 Å². The van der Waals surface area contributed by atoms with Gasteiger partial charge in [-0.15, -0.1) is 0 Å². The molecule has 3 aliphatic rings. The lowest BCUT2D eigenvalue weighted by molar-refractivity contribution is -0.352. The van der Waals surface area contributed by atoms with Gasteiger partial charge in [0.2, 0.25) is 6.29 Å². The third-order valence-electron chi connectivity index (χ3n) is 6.41. The average Bonchev–Trinajstić information content (AvgIpc) is 2.97. The fourth-order valence-corrected chi connectivity index (χ4v) is 4.63. The van der Waals surface area contributed by atoms with Gasteiger partial charge in [0.15, 0.2) is 6.29 Å². The predicted molar refractivity (Wildman–Crippen MR) is 105 cm³/mol. The van der Waals surface area contributed by atoms with Crippen molar-refractivity contribution in [3.63, 3.8) is 0 Å². The van der Waals surface area contributed by atoms with E-state index in [1.807, 2.05) is 0 Å². The van der Waals surface area contributed by atoms with E-state index in [4.69, 9.17) is 23.7 Å². The van der Waals surface area contributed by atoms with E-state index < -0.39 is 78.9 Å². The van der Waals surface area contributed by atoms with Crippen LogP contribution in [0, 0.1) is 5.92 Å². The fourth-order valence-electron chi connectivity index (χ4n) is 4.63. The Hall–Kier alpha value is -1.39. The molecule has 33 heavy (non-hydrogen) atoms. The standard InChI is InChI=1S/C20H32O13/c1-8(22)6-30-11-4-20(28)9(16(26)29-3)7-31-18(15(20)19(11,2)27)33-17-14(25)13(24)12(23)10(5-21)32-17/h7-8,10-15,17-18,21-25,27-28H,4-6H2,1-3H3/t8-,10+,11-,12+,13-,14+,15+,17-,18-,19-,20-/m0/s1. The monoisotopic (exact) mass is 480 g/mol. The quantitative estimate of drug-likeness (QED) is 0.177. The molecule has 2 fully saturated rings. The van der Waals surface area contributed by atoms with Crippen molar-refractivity contribution in [2.75, 3.05) is 20.3 Å². The summed E-state index contributed by atoms with van der Waals surface area (Å²) >= 11 is 0. The van der Waals surface area contributed by atoms with E-state index in [-0.39, 0.29) is 18.6 Å². The van der Waals surface area contributed by atoms with E-state index in [0.717, 1.165) is 13.4 Å². The Bertz CT molecular complexity index is 737. The maximum absolute atomic E-state index is 12.3. The molecule has 190 valence electrons. The highest BCUT2D eigenvalue weighted by Crippen LogP contribution is 2.53. The summed E-state index contributed by atoms with van der Waals surface area (Å²) in [7, 11) is 1.10. The minimum Gasteiger partial charge on any atom is -0.471 e. The fraction of sp³-hybridized carbons (Fsp3) is 0.850. The summed E-state index contributed by atoms with van der Waals surface area (Å²) in [5.41, 5.74) is -4.24. The Morgan fingerprint density at radius 1 is 1.21 bits per heavy atom. The van der Waals surface area contributed by atoms with Gasteiger partial charge in [0.1, 0.15) is 41.2 Å². The molecule has 0 radical (unpaired) electrons. The Morgan fingerprint density at radius 2 is 1.88 bits per heavy atom. The van der Waals surface area contributed by atoms with E-state index in [2.05, 4.69) is 0 Å². The Balaban J connectivity index is 1.93. The van der Waals surface area contributed by atoms with Crippen LogP contribution in [0.4, 0.5) is 0 Å². The van der Waals surface area contributed by atoms with Gasteiger partial charge in [0.05, 0.1) is 44.7 Å². The smallest absolute Gasteiger partial charge is 0.339 e. The Kier molecular flexibility index (Phi) is 7.70. The number of carbonyl (C=O) groups is 1. The summed E-state index contributed by atoms with van der Waals surface area (Å²) in [4.78, 5) is 12.3. The minimum absolute atomic E-state index is 0.167. The lowest BCUT2D eigenvalue weighted by atomic mass is 9.77. The molecule has 0 spiro atoms. The number of esters is 1. The molecule has 0 unspecified atom stereocenters. The van der Waals surface area contributed by atoms with E-state index in [1.165, 1.54) is 13.8 Å². The SMILES string of the molecule is COC(=O)C1=CO[C@@H](O[C@@H]2O[C@H](CO)[C@@H](O)[C@H](O)[C@H]2O)[C@@H]2[C@@](C)(O)[C@@H](OC[C@H](C)O)C[C@]12O. The molecule has 0 aromatic heterocycles. The Morgan fingerprint density at radius 3 is 2.45 bits per heavy atom. The molecule has 1 saturated carbocycles. The summed E-state index contributed by atoms with van der Waals surface area (Å²) in [6.45, 7) is 1.94. The van der Waals surface area contributed by atoms with Gasteiger partial charge >= 0.3 is 5.97 Å². The second-order valence-electron chi connectivity index (χ2n) is 8.86. The summed E-state index contributed by atoms with van der Waals surface area (Å²) in [6.07, 6.45) is -10.8. The van der Waals surface area contributed by atoms with Gasteiger partial charge in [0, 0.05) is 6.42 Å². The van der Waals surface area contributed by atoms with Crippen molar-refractivity contribution in [2.24, 2.45) is 5.92 Å². The number of ether oxygens (including phenoxy) is 5. The van der Waals surface area contributed by atoms with Crippen LogP contribution in [0.3, 0.4) is 0 Å². The third-order valence-corrected chi connectivity index (χ3v) is 6.41. The number of rotatable bonds is 7. The molecule has 1 aliphatic carbocycles. The molecule has 13 nitrogen and oxygen atoms in total. The van der Waals surface area contributed by atoms with Crippen LogP contribution in [0.15, 0.2) is 11.8 Å². The summed E-state index contributed by atoms with van der Waals surface area (Å²) in [6, 6.07) is 0. The zero-order valence-electron chi connectivity index (χ0n) is 18.5. The highest BCUT2D eigenvalue weighted by molar-refractivity contribution is 5.91. The number of aliphatic hydroxyl groups excluding tert-OH is 5. The van der Waals surface area contributed by atoms with Crippen LogP contribution in [0.1, 0.15) is 20.3 Å². The molecular weight excluding hydrogens is 448 g/mol. The minimum atomic E-state index is -2.06. The van der Waals surface area contributed by atoms with Gasteiger partial charge in [-0.1, -0.05) is 0 Å². The number of fused-ring (bicyclic) bond motifs is 1. The van der Waals surface area contributed by atoms with Crippen molar-refractivity contribution in [1.82, 2.24) is 0 Å². The number of hydrogen-bond donors (Lipinski definition) is 7. The maximum atomic E-state index is 12.3. The third kappa shape index (κ3) is 4.62. The first-order chi connectivity index (χ1) is 15.4. The zero-order valence-corrected chi connectivity index (χ0v) is 18.5. The van der Waals surface area contributed by atoms with Crippen LogP contribution in [-0.2, 0) is 28.5 Å². The van der Waals surface area contributed by atoms with Gasteiger partial charge in [-0.3, -0.25) is 0 Å². The highest BCUT2D eigenvalue weighted by Gasteiger charge is 2.68. The summed E-state index contributed by atoms with van der Waals surface area (Å²) in [5.74, 6) is -2.30. The number of aliphatic hydroxyl groups is 7. The lowest BCUT2D eigenvalue weighted by Crippen LogP contribution is -2.62. The highest BCUT2D eigenvalue weighted by atomic mass is 16.8. The van der Waals surface area contributed by atoms with Crippen molar-refractivity contribution in [1.29, 1.82) is 0 Å². The normalized spacial score (nSPS) is 46.2. The maximum Gasteiger partial charge on any atom is 0.339 e. The van der Waals surface area contributed by atoms with Crippen molar-refractivity contribution in [3.8, 4) is 0 Å². The predicted octanol–water partition coefficient (Wildman–Crippen LogP) is -3.52. The molecule has 1 saturated heterocycles. The van der Waals surface area contributed by atoms with Crippen molar-refractivity contribution in [2.45, 2.75) is 80.7 Å². The molecule has 3 rings (SSSR count). The topological polar surface area (TPSA) is 205 Å². The van der Waals surface area contributed by atoms with Crippen molar-refractivity contribution < 1.29 is 64.2 Å². The molecular formula is C20H32O13. The lowest BCUT2D eigenvalue weighted by Gasteiger charge is -2.46. The molecule has 0 aromatic carbocycles.